The van der Waals surface area contributed by atoms with E-state index < -0.39 is 0 Å². The standard InChI is InChI=1S/C16H16N2O2/c17-8-3-9-18(12-6-7-12)10-15(19)14-11-20-16-5-2-1-4-13(14)16/h1-2,4-5,11-12H,3,6-7,9-10H2. The van der Waals surface area contributed by atoms with E-state index in [1.54, 1.807) is 6.26 Å². The van der Waals surface area contributed by atoms with Gasteiger partial charge in [0.1, 0.15) is 11.8 Å². The van der Waals surface area contributed by atoms with Crippen molar-refractivity contribution in [1.82, 2.24) is 4.90 Å². The first-order valence-corrected chi connectivity index (χ1v) is 6.90. The smallest absolute Gasteiger partial charge is 0.180 e. The minimum atomic E-state index is 0.0692. The molecule has 0 unspecified atom stereocenters. The second-order valence-corrected chi connectivity index (χ2v) is 5.18. The number of hydrogen-bond donors (Lipinski definition) is 0. The monoisotopic (exact) mass is 268 g/mol. The van der Waals surface area contributed by atoms with Gasteiger partial charge in [0.15, 0.2) is 5.78 Å². The van der Waals surface area contributed by atoms with Gasteiger partial charge in [-0.3, -0.25) is 9.69 Å². The number of furan rings is 1. The Morgan fingerprint density at radius 1 is 1.40 bits per heavy atom. The summed E-state index contributed by atoms with van der Waals surface area (Å²) in [4.78, 5) is 14.6. The van der Waals surface area contributed by atoms with Gasteiger partial charge in [0.25, 0.3) is 0 Å². The number of carbonyl (C=O) groups excluding carboxylic acids is 1. The molecule has 0 atom stereocenters. The molecular weight excluding hydrogens is 252 g/mol. The van der Waals surface area contributed by atoms with Gasteiger partial charge >= 0.3 is 0 Å². The number of ketones is 1. The second kappa shape index (κ2) is 5.48. The van der Waals surface area contributed by atoms with Gasteiger partial charge in [0.05, 0.1) is 18.2 Å². The van der Waals surface area contributed by atoms with Gasteiger partial charge in [-0.1, -0.05) is 18.2 Å². The molecule has 0 saturated heterocycles. The molecule has 20 heavy (non-hydrogen) atoms. The Hall–Kier alpha value is -2.12. The van der Waals surface area contributed by atoms with Gasteiger partial charge in [-0.15, -0.1) is 0 Å². The lowest BCUT2D eigenvalue weighted by atomic mass is 10.1. The number of fused-ring (bicyclic) bond motifs is 1. The summed E-state index contributed by atoms with van der Waals surface area (Å²) in [6.07, 6.45) is 4.27. The van der Waals surface area contributed by atoms with Crippen LogP contribution in [0, 0.1) is 11.3 Å². The van der Waals surface area contributed by atoms with Crippen LogP contribution in [0.15, 0.2) is 34.9 Å². The highest BCUT2D eigenvalue weighted by atomic mass is 16.3. The minimum Gasteiger partial charge on any atom is -0.464 e. The molecule has 1 aliphatic rings. The third kappa shape index (κ3) is 2.59. The molecule has 0 spiro atoms. The molecule has 1 aromatic heterocycles. The van der Waals surface area contributed by atoms with Crippen molar-refractivity contribution in [3.05, 3.63) is 36.1 Å². The number of rotatable bonds is 6. The lowest BCUT2D eigenvalue weighted by molar-refractivity contribution is 0.0927. The highest BCUT2D eigenvalue weighted by Crippen LogP contribution is 2.28. The Bertz CT molecular complexity index is 664. The van der Waals surface area contributed by atoms with E-state index >= 15 is 0 Å². The van der Waals surface area contributed by atoms with E-state index in [-0.39, 0.29) is 5.78 Å². The summed E-state index contributed by atoms with van der Waals surface area (Å²) in [5.41, 5.74) is 1.38. The van der Waals surface area contributed by atoms with Crippen LogP contribution in [0.25, 0.3) is 11.0 Å². The summed E-state index contributed by atoms with van der Waals surface area (Å²) in [5.74, 6) is 0.0692. The van der Waals surface area contributed by atoms with Crippen LogP contribution in [0.3, 0.4) is 0 Å². The molecule has 2 aromatic rings. The quantitative estimate of drug-likeness (QED) is 0.756. The average Bonchev–Trinajstić information content (AvgIpc) is 3.22. The predicted octanol–water partition coefficient (Wildman–Crippen LogP) is 2.99. The summed E-state index contributed by atoms with van der Waals surface area (Å²) < 4.78 is 5.42. The summed E-state index contributed by atoms with van der Waals surface area (Å²) >= 11 is 0. The van der Waals surface area contributed by atoms with Crippen LogP contribution in [-0.2, 0) is 0 Å². The highest BCUT2D eigenvalue weighted by Gasteiger charge is 2.30. The summed E-state index contributed by atoms with van der Waals surface area (Å²) in [6, 6.07) is 10.2. The van der Waals surface area contributed by atoms with E-state index in [1.165, 1.54) is 0 Å². The van der Waals surface area contributed by atoms with Crippen molar-refractivity contribution in [1.29, 1.82) is 5.26 Å². The van der Waals surface area contributed by atoms with Crippen LogP contribution in [0.1, 0.15) is 29.6 Å². The van der Waals surface area contributed by atoms with Crippen LogP contribution < -0.4 is 0 Å². The fourth-order valence-corrected chi connectivity index (χ4v) is 2.49. The number of Topliss-reactive ketones (excluding diaryl/α,β-unsaturated/α-hetero) is 1. The van der Waals surface area contributed by atoms with Crippen molar-refractivity contribution in [2.45, 2.75) is 25.3 Å². The molecule has 1 aromatic carbocycles. The van der Waals surface area contributed by atoms with Gasteiger partial charge in [-0.05, 0) is 18.9 Å². The van der Waals surface area contributed by atoms with E-state index in [0.717, 1.165) is 23.8 Å². The zero-order valence-corrected chi connectivity index (χ0v) is 11.2. The van der Waals surface area contributed by atoms with Crippen LogP contribution in [0.5, 0.6) is 0 Å². The molecule has 1 aliphatic carbocycles. The molecule has 102 valence electrons. The van der Waals surface area contributed by atoms with Crippen LogP contribution in [0.2, 0.25) is 0 Å². The normalized spacial score (nSPS) is 14.6. The predicted molar refractivity (Wildman–Crippen MR) is 75.4 cm³/mol. The molecule has 4 heteroatoms. The fourth-order valence-electron chi connectivity index (χ4n) is 2.49. The third-order valence-electron chi connectivity index (χ3n) is 3.70. The Morgan fingerprint density at radius 3 is 2.95 bits per heavy atom. The highest BCUT2D eigenvalue weighted by molar-refractivity contribution is 6.08. The van der Waals surface area contributed by atoms with Crippen LogP contribution in [-0.4, -0.2) is 29.8 Å². The van der Waals surface area contributed by atoms with Crippen molar-refractivity contribution in [3.8, 4) is 6.07 Å². The summed E-state index contributed by atoms with van der Waals surface area (Å²) in [5, 5.41) is 9.57. The zero-order chi connectivity index (χ0) is 13.9. The number of hydrogen-bond acceptors (Lipinski definition) is 4. The number of benzene rings is 1. The number of nitriles is 1. The Labute approximate surface area is 117 Å². The molecule has 1 fully saturated rings. The zero-order valence-electron chi connectivity index (χ0n) is 11.2. The first-order chi connectivity index (χ1) is 9.79. The maximum Gasteiger partial charge on any atom is 0.180 e. The molecule has 0 bridgehead atoms. The van der Waals surface area contributed by atoms with Gasteiger partial charge in [0.2, 0.25) is 0 Å². The fraction of sp³-hybridized carbons (Fsp3) is 0.375. The maximum absolute atomic E-state index is 12.4. The van der Waals surface area contributed by atoms with E-state index in [1.807, 2.05) is 24.3 Å². The van der Waals surface area contributed by atoms with E-state index in [9.17, 15) is 4.79 Å². The number of carbonyl (C=O) groups is 1. The minimum absolute atomic E-state index is 0.0692. The number of nitrogens with zero attached hydrogens (tertiary/aromatic N) is 2. The topological polar surface area (TPSA) is 57.2 Å². The molecule has 1 heterocycles. The molecule has 1 saturated carbocycles. The molecule has 3 rings (SSSR count). The van der Waals surface area contributed by atoms with Crippen molar-refractivity contribution in [3.63, 3.8) is 0 Å². The first-order valence-electron chi connectivity index (χ1n) is 6.90. The second-order valence-electron chi connectivity index (χ2n) is 5.18. The van der Waals surface area contributed by atoms with Crippen molar-refractivity contribution in [2.75, 3.05) is 13.1 Å². The molecule has 0 aliphatic heterocycles. The Balaban J connectivity index is 1.76. The van der Waals surface area contributed by atoms with Crippen molar-refractivity contribution < 1.29 is 9.21 Å². The summed E-state index contributed by atoms with van der Waals surface area (Å²) in [7, 11) is 0. The largest absolute Gasteiger partial charge is 0.464 e. The first kappa shape index (κ1) is 12.9. The van der Waals surface area contributed by atoms with Gasteiger partial charge < -0.3 is 4.42 Å². The number of para-hydroxylation sites is 1. The Kier molecular flexibility index (Phi) is 3.53. The Morgan fingerprint density at radius 2 is 2.20 bits per heavy atom. The maximum atomic E-state index is 12.4. The van der Waals surface area contributed by atoms with Crippen molar-refractivity contribution >= 4 is 16.8 Å². The van der Waals surface area contributed by atoms with E-state index in [0.29, 0.717) is 31.1 Å². The summed E-state index contributed by atoms with van der Waals surface area (Å²) in [6.45, 7) is 1.04. The van der Waals surface area contributed by atoms with Gasteiger partial charge in [-0.2, -0.15) is 5.26 Å². The molecule has 0 radical (unpaired) electrons. The van der Waals surface area contributed by atoms with Crippen molar-refractivity contribution in [2.24, 2.45) is 0 Å². The molecule has 0 amide bonds. The van der Waals surface area contributed by atoms with Crippen LogP contribution >= 0.6 is 0 Å². The lowest BCUT2D eigenvalue weighted by Gasteiger charge is -2.19. The molecule has 0 N–H and O–H groups in total. The van der Waals surface area contributed by atoms with E-state index in [4.69, 9.17) is 9.68 Å². The van der Waals surface area contributed by atoms with E-state index in [2.05, 4.69) is 11.0 Å². The van der Waals surface area contributed by atoms with Gasteiger partial charge in [-0.25, -0.2) is 0 Å². The lowest BCUT2D eigenvalue weighted by Crippen LogP contribution is -2.32. The van der Waals surface area contributed by atoms with Crippen LogP contribution in [0.4, 0.5) is 0 Å². The van der Waals surface area contributed by atoms with Gasteiger partial charge in [0, 0.05) is 24.4 Å². The molecule has 4 nitrogen and oxygen atoms in total. The average molecular weight is 268 g/mol. The third-order valence-corrected chi connectivity index (χ3v) is 3.70. The SMILES string of the molecule is N#CCCN(CC(=O)c1coc2ccccc12)C1CC1. The molecular formula is C16H16N2O2.